The van der Waals surface area contributed by atoms with E-state index in [2.05, 4.69) is 29.9 Å². The van der Waals surface area contributed by atoms with Gasteiger partial charge in [0.1, 0.15) is 0 Å². The Kier molecular flexibility index (Phi) is 3.09. The van der Waals surface area contributed by atoms with Crippen molar-refractivity contribution in [2.24, 2.45) is 0 Å². The van der Waals surface area contributed by atoms with Crippen molar-refractivity contribution in [3.8, 4) is 0 Å². The lowest BCUT2D eigenvalue weighted by Crippen LogP contribution is -2.06. The van der Waals surface area contributed by atoms with Crippen LogP contribution in [-0.2, 0) is 6.54 Å². The third-order valence-corrected chi connectivity index (χ3v) is 2.58. The lowest BCUT2D eigenvalue weighted by atomic mass is 10.0. The Morgan fingerprint density at radius 2 is 2.18 bits per heavy atom. The van der Waals surface area contributed by atoms with Gasteiger partial charge in [-0.25, -0.2) is 0 Å². The van der Waals surface area contributed by atoms with Gasteiger partial charge in [0.15, 0.2) is 0 Å². The van der Waals surface area contributed by atoms with Crippen LogP contribution in [0.4, 0.5) is 0 Å². The summed E-state index contributed by atoms with van der Waals surface area (Å²) in [5.41, 5.74) is 2.94. The Balaban J connectivity index is 2.78. The highest BCUT2D eigenvalue weighted by Crippen LogP contribution is 2.22. The first-order chi connectivity index (χ1) is 5.25. The predicted molar refractivity (Wildman–Crippen MR) is 51.2 cm³/mol. The Labute approximate surface area is 72.4 Å². The fourth-order valence-electron chi connectivity index (χ4n) is 1.17. The summed E-state index contributed by atoms with van der Waals surface area (Å²) in [4.78, 5) is 0. The van der Waals surface area contributed by atoms with Crippen LogP contribution in [0, 0.1) is 0 Å². The largest absolute Gasteiger partial charge is 0.316 e. The lowest BCUT2D eigenvalue weighted by Gasteiger charge is -2.05. The van der Waals surface area contributed by atoms with Crippen LogP contribution in [0.1, 0.15) is 30.9 Å². The SMILES string of the molecule is CNCc1cscc1C(C)C. The van der Waals surface area contributed by atoms with Crippen molar-refractivity contribution < 1.29 is 0 Å². The summed E-state index contributed by atoms with van der Waals surface area (Å²) in [6.45, 7) is 5.47. The summed E-state index contributed by atoms with van der Waals surface area (Å²) in [7, 11) is 1.99. The van der Waals surface area contributed by atoms with Crippen LogP contribution in [0.3, 0.4) is 0 Å². The van der Waals surface area contributed by atoms with E-state index in [1.54, 1.807) is 11.3 Å². The van der Waals surface area contributed by atoms with Gasteiger partial charge in [-0.1, -0.05) is 13.8 Å². The van der Waals surface area contributed by atoms with E-state index in [9.17, 15) is 0 Å². The normalized spacial score (nSPS) is 10.9. The van der Waals surface area contributed by atoms with Gasteiger partial charge in [-0.15, -0.1) is 0 Å². The summed E-state index contributed by atoms with van der Waals surface area (Å²) in [6, 6.07) is 0. The minimum atomic E-state index is 0.657. The maximum atomic E-state index is 3.17. The van der Waals surface area contributed by atoms with E-state index in [-0.39, 0.29) is 0 Å². The fraction of sp³-hybridized carbons (Fsp3) is 0.556. The van der Waals surface area contributed by atoms with Crippen LogP contribution in [-0.4, -0.2) is 7.05 Å². The standard InChI is InChI=1S/C9H15NS/c1-7(2)9-6-11-5-8(9)4-10-3/h5-7,10H,4H2,1-3H3. The van der Waals surface area contributed by atoms with Crippen molar-refractivity contribution in [2.45, 2.75) is 26.3 Å². The fourth-order valence-corrected chi connectivity index (χ4v) is 2.20. The molecule has 1 nitrogen and oxygen atoms in total. The van der Waals surface area contributed by atoms with E-state index >= 15 is 0 Å². The maximum Gasteiger partial charge on any atom is 0.0213 e. The summed E-state index contributed by atoms with van der Waals surface area (Å²) in [5.74, 6) is 0.657. The highest BCUT2D eigenvalue weighted by molar-refractivity contribution is 7.08. The van der Waals surface area contributed by atoms with E-state index in [0.29, 0.717) is 5.92 Å². The van der Waals surface area contributed by atoms with Gasteiger partial charge in [-0.05, 0) is 34.9 Å². The lowest BCUT2D eigenvalue weighted by molar-refractivity contribution is 0.782. The molecule has 0 saturated heterocycles. The molecule has 1 N–H and O–H groups in total. The molecule has 11 heavy (non-hydrogen) atoms. The van der Waals surface area contributed by atoms with E-state index < -0.39 is 0 Å². The molecule has 0 atom stereocenters. The number of hydrogen-bond acceptors (Lipinski definition) is 2. The van der Waals surface area contributed by atoms with Crippen LogP contribution in [0.25, 0.3) is 0 Å². The molecule has 0 aliphatic heterocycles. The van der Waals surface area contributed by atoms with Gasteiger partial charge in [0, 0.05) is 6.54 Å². The van der Waals surface area contributed by atoms with E-state index in [4.69, 9.17) is 0 Å². The van der Waals surface area contributed by atoms with Crippen molar-refractivity contribution in [1.82, 2.24) is 5.32 Å². The summed E-state index contributed by atoms with van der Waals surface area (Å²) < 4.78 is 0. The van der Waals surface area contributed by atoms with Crippen molar-refractivity contribution in [1.29, 1.82) is 0 Å². The number of nitrogens with one attached hydrogen (secondary N) is 1. The van der Waals surface area contributed by atoms with Crippen LogP contribution in [0.5, 0.6) is 0 Å². The Bertz CT molecular complexity index is 215. The second-order valence-electron chi connectivity index (χ2n) is 3.04. The zero-order chi connectivity index (χ0) is 8.27. The molecule has 0 aliphatic carbocycles. The van der Waals surface area contributed by atoms with E-state index in [0.717, 1.165) is 6.54 Å². The number of rotatable bonds is 3. The van der Waals surface area contributed by atoms with Crippen molar-refractivity contribution >= 4 is 11.3 Å². The van der Waals surface area contributed by atoms with Gasteiger partial charge < -0.3 is 5.32 Å². The first-order valence-electron chi connectivity index (χ1n) is 3.95. The second kappa shape index (κ2) is 3.88. The van der Waals surface area contributed by atoms with Gasteiger partial charge in [0.05, 0.1) is 0 Å². The molecular weight excluding hydrogens is 154 g/mol. The third-order valence-electron chi connectivity index (χ3n) is 1.77. The Morgan fingerprint density at radius 1 is 1.45 bits per heavy atom. The van der Waals surface area contributed by atoms with Crippen molar-refractivity contribution in [3.05, 3.63) is 21.9 Å². The molecule has 0 bridgehead atoms. The minimum Gasteiger partial charge on any atom is -0.316 e. The minimum absolute atomic E-state index is 0.657. The van der Waals surface area contributed by atoms with Gasteiger partial charge in [0.25, 0.3) is 0 Å². The van der Waals surface area contributed by atoms with E-state index in [1.165, 1.54) is 11.1 Å². The Morgan fingerprint density at radius 3 is 2.73 bits per heavy atom. The molecule has 0 radical (unpaired) electrons. The highest BCUT2D eigenvalue weighted by atomic mass is 32.1. The van der Waals surface area contributed by atoms with Gasteiger partial charge in [0.2, 0.25) is 0 Å². The summed E-state index contributed by atoms with van der Waals surface area (Å²) >= 11 is 1.79. The zero-order valence-corrected chi connectivity index (χ0v) is 8.16. The van der Waals surface area contributed by atoms with Gasteiger partial charge in [-0.3, -0.25) is 0 Å². The average Bonchev–Trinajstić information content (AvgIpc) is 2.36. The smallest absolute Gasteiger partial charge is 0.0213 e. The summed E-state index contributed by atoms with van der Waals surface area (Å²) in [5, 5.41) is 7.65. The molecule has 0 amide bonds. The third kappa shape index (κ3) is 2.04. The molecule has 0 aromatic carbocycles. The first kappa shape index (κ1) is 8.75. The molecule has 0 aliphatic rings. The topological polar surface area (TPSA) is 12.0 Å². The quantitative estimate of drug-likeness (QED) is 0.733. The van der Waals surface area contributed by atoms with Crippen molar-refractivity contribution in [3.63, 3.8) is 0 Å². The molecule has 2 heteroatoms. The molecule has 0 spiro atoms. The number of thiophene rings is 1. The maximum absolute atomic E-state index is 3.17. The highest BCUT2D eigenvalue weighted by Gasteiger charge is 2.05. The molecule has 1 aromatic heterocycles. The van der Waals surface area contributed by atoms with Crippen LogP contribution >= 0.6 is 11.3 Å². The monoisotopic (exact) mass is 169 g/mol. The van der Waals surface area contributed by atoms with Crippen LogP contribution in [0.15, 0.2) is 10.8 Å². The Hall–Kier alpha value is -0.340. The summed E-state index contributed by atoms with van der Waals surface area (Å²) in [6.07, 6.45) is 0. The average molecular weight is 169 g/mol. The first-order valence-corrected chi connectivity index (χ1v) is 4.89. The molecule has 1 rings (SSSR count). The molecule has 1 aromatic rings. The molecule has 0 fully saturated rings. The second-order valence-corrected chi connectivity index (χ2v) is 3.78. The molecule has 0 saturated carbocycles. The zero-order valence-electron chi connectivity index (χ0n) is 7.35. The molecule has 0 unspecified atom stereocenters. The van der Waals surface area contributed by atoms with E-state index in [1.807, 2.05) is 7.05 Å². The molecule has 1 heterocycles. The van der Waals surface area contributed by atoms with Crippen LogP contribution in [0.2, 0.25) is 0 Å². The van der Waals surface area contributed by atoms with Crippen molar-refractivity contribution in [2.75, 3.05) is 7.05 Å². The molecular formula is C9H15NS. The van der Waals surface area contributed by atoms with Gasteiger partial charge in [-0.2, -0.15) is 11.3 Å². The predicted octanol–water partition coefficient (Wildman–Crippen LogP) is 2.59. The molecule has 62 valence electrons. The van der Waals surface area contributed by atoms with Gasteiger partial charge >= 0.3 is 0 Å². The van der Waals surface area contributed by atoms with Crippen LogP contribution < -0.4 is 5.32 Å². The number of hydrogen-bond donors (Lipinski definition) is 1.